The van der Waals surface area contributed by atoms with Gasteiger partial charge < -0.3 is 10.4 Å². The first-order chi connectivity index (χ1) is 7.04. The first-order valence-electron chi connectivity index (χ1n) is 4.45. The van der Waals surface area contributed by atoms with Crippen molar-refractivity contribution >= 4 is 34.5 Å². The third kappa shape index (κ3) is 3.52. The van der Waals surface area contributed by atoms with Gasteiger partial charge in [-0.1, -0.05) is 0 Å². The van der Waals surface area contributed by atoms with Crippen LogP contribution >= 0.6 is 28.6 Å². The highest BCUT2D eigenvalue weighted by molar-refractivity contribution is 9.10. The van der Waals surface area contributed by atoms with Crippen LogP contribution in [0.4, 0.5) is 0 Å². The van der Waals surface area contributed by atoms with Crippen LogP contribution in [0.2, 0.25) is 0 Å². The van der Waals surface area contributed by atoms with Crippen molar-refractivity contribution in [1.82, 2.24) is 5.32 Å². The Kier molecular flexibility index (Phi) is 4.63. The number of carbonyl (C=O) groups is 1. The quantitative estimate of drug-likeness (QED) is 0.744. The van der Waals surface area contributed by atoms with Gasteiger partial charge in [0.2, 0.25) is 0 Å². The van der Waals surface area contributed by atoms with E-state index >= 15 is 0 Å². The molecule has 0 aliphatic heterocycles. The Morgan fingerprint density at radius 3 is 2.93 bits per heavy atom. The molecule has 1 amide bonds. The molecule has 0 aliphatic rings. The van der Waals surface area contributed by atoms with Crippen LogP contribution in [0.1, 0.15) is 17.3 Å². The lowest BCUT2D eigenvalue weighted by molar-refractivity contribution is 0.0921. The highest BCUT2D eigenvalue weighted by Gasteiger charge is 2.12. The molecule has 0 spiro atoms. The van der Waals surface area contributed by atoms with Crippen LogP contribution < -0.4 is 5.32 Å². The fraction of sp³-hybridized carbons (Fsp3) is 0.300. The average Bonchev–Trinajstić information content (AvgIpc) is 2.21. The number of aliphatic hydroxyl groups excluding tert-OH is 1. The molecule has 0 heterocycles. The van der Waals surface area contributed by atoms with E-state index in [1.165, 1.54) is 0 Å². The van der Waals surface area contributed by atoms with E-state index in [0.717, 1.165) is 4.90 Å². The summed E-state index contributed by atoms with van der Waals surface area (Å²) in [6.45, 7) is 1.65. The maximum Gasteiger partial charge on any atom is 0.252 e. The van der Waals surface area contributed by atoms with Crippen molar-refractivity contribution in [2.75, 3.05) is 6.61 Å². The predicted molar refractivity (Wildman–Crippen MR) is 65.4 cm³/mol. The second kappa shape index (κ2) is 5.53. The van der Waals surface area contributed by atoms with Crippen LogP contribution in [0.3, 0.4) is 0 Å². The smallest absolute Gasteiger partial charge is 0.252 e. The molecule has 1 unspecified atom stereocenters. The molecule has 2 N–H and O–H groups in total. The molecule has 0 fully saturated rings. The first-order valence-corrected chi connectivity index (χ1v) is 5.69. The Hall–Kier alpha value is -0.520. The maximum absolute atomic E-state index is 11.7. The second-order valence-electron chi connectivity index (χ2n) is 3.22. The van der Waals surface area contributed by atoms with Crippen molar-refractivity contribution in [1.29, 1.82) is 0 Å². The molecule has 0 radical (unpaired) electrons. The largest absolute Gasteiger partial charge is 0.394 e. The summed E-state index contributed by atoms with van der Waals surface area (Å²) in [6, 6.07) is 4.97. The normalized spacial score (nSPS) is 12.3. The molecule has 0 saturated heterocycles. The number of rotatable bonds is 3. The first kappa shape index (κ1) is 12.5. The van der Waals surface area contributed by atoms with E-state index in [-0.39, 0.29) is 18.6 Å². The third-order valence-electron chi connectivity index (χ3n) is 1.85. The van der Waals surface area contributed by atoms with Crippen LogP contribution in [0.15, 0.2) is 27.6 Å². The van der Waals surface area contributed by atoms with Crippen LogP contribution in [-0.2, 0) is 0 Å². The Labute approximate surface area is 102 Å². The molecule has 5 heteroatoms. The van der Waals surface area contributed by atoms with Gasteiger partial charge in [-0.3, -0.25) is 4.79 Å². The molecule has 1 atom stereocenters. The topological polar surface area (TPSA) is 49.3 Å². The number of halogens is 1. The van der Waals surface area contributed by atoms with Crippen molar-refractivity contribution in [3.8, 4) is 0 Å². The van der Waals surface area contributed by atoms with Crippen molar-refractivity contribution < 1.29 is 9.90 Å². The SMILES string of the molecule is CC(CO)NC(=O)c1cc(S)ccc1Br. The number of nitrogens with one attached hydrogen (secondary N) is 1. The van der Waals surface area contributed by atoms with Crippen LogP contribution in [0.25, 0.3) is 0 Å². The minimum atomic E-state index is -0.257. The Morgan fingerprint density at radius 1 is 1.67 bits per heavy atom. The van der Waals surface area contributed by atoms with Crippen LogP contribution in [0.5, 0.6) is 0 Å². The minimum Gasteiger partial charge on any atom is -0.394 e. The Morgan fingerprint density at radius 2 is 2.33 bits per heavy atom. The van der Waals surface area contributed by atoms with Crippen molar-refractivity contribution in [2.45, 2.75) is 17.9 Å². The summed E-state index contributed by atoms with van der Waals surface area (Å²) in [5.74, 6) is -0.223. The highest BCUT2D eigenvalue weighted by atomic mass is 79.9. The summed E-state index contributed by atoms with van der Waals surface area (Å²) in [7, 11) is 0. The minimum absolute atomic E-state index is 0.0794. The van der Waals surface area contributed by atoms with Crippen molar-refractivity contribution in [2.24, 2.45) is 0 Å². The zero-order valence-corrected chi connectivity index (χ0v) is 10.7. The number of benzene rings is 1. The molecular formula is C10H12BrNO2S. The standard InChI is InChI=1S/C10H12BrNO2S/c1-6(5-13)12-10(14)8-4-7(15)2-3-9(8)11/h2-4,6,13,15H,5H2,1H3,(H,12,14). The molecule has 0 saturated carbocycles. The summed E-state index contributed by atoms with van der Waals surface area (Å²) in [6.07, 6.45) is 0. The molecule has 1 rings (SSSR count). The molecule has 82 valence electrons. The lowest BCUT2D eigenvalue weighted by Crippen LogP contribution is -2.35. The fourth-order valence-corrected chi connectivity index (χ4v) is 1.66. The number of thiol groups is 1. The molecule has 0 aromatic heterocycles. The van der Waals surface area contributed by atoms with Gasteiger partial charge in [0.15, 0.2) is 0 Å². The van der Waals surface area contributed by atoms with E-state index in [2.05, 4.69) is 33.9 Å². The number of hydrogen-bond donors (Lipinski definition) is 3. The van der Waals surface area contributed by atoms with E-state index < -0.39 is 0 Å². The summed E-state index contributed by atoms with van der Waals surface area (Å²) in [5, 5.41) is 11.5. The monoisotopic (exact) mass is 289 g/mol. The van der Waals surface area contributed by atoms with E-state index in [1.807, 2.05) is 0 Å². The Balaban J connectivity index is 2.86. The van der Waals surface area contributed by atoms with E-state index in [1.54, 1.807) is 25.1 Å². The van der Waals surface area contributed by atoms with E-state index in [9.17, 15) is 4.79 Å². The molecule has 15 heavy (non-hydrogen) atoms. The fourth-order valence-electron chi connectivity index (χ4n) is 1.03. The number of hydrogen-bond acceptors (Lipinski definition) is 3. The van der Waals surface area contributed by atoms with Gasteiger partial charge in [0.1, 0.15) is 0 Å². The molecule has 0 bridgehead atoms. The van der Waals surface area contributed by atoms with Gasteiger partial charge in [0.25, 0.3) is 5.91 Å². The zero-order valence-electron chi connectivity index (χ0n) is 8.20. The van der Waals surface area contributed by atoms with Gasteiger partial charge >= 0.3 is 0 Å². The summed E-state index contributed by atoms with van der Waals surface area (Å²) >= 11 is 7.44. The van der Waals surface area contributed by atoms with Gasteiger partial charge in [0, 0.05) is 15.4 Å². The van der Waals surface area contributed by atoms with Gasteiger partial charge in [-0.2, -0.15) is 0 Å². The molecule has 1 aromatic carbocycles. The molecule has 3 nitrogen and oxygen atoms in total. The Bertz CT molecular complexity index is 370. The lowest BCUT2D eigenvalue weighted by atomic mass is 10.2. The lowest BCUT2D eigenvalue weighted by Gasteiger charge is -2.11. The maximum atomic E-state index is 11.7. The van der Waals surface area contributed by atoms with Crippen LogP contribution in [0, 0.1) is 0 Å². The second-order valence-corrected chi connectivity index (χ2v) is 4.59. The summed E-state index contributed by atoms with van der Waals surface area (Å²) < 4.78 is 0.711. The summed E-state index contributed by atoms with van der Waals surface area (Å²) in [5.41, 5.74) is 0.516. The van der Waals surface area contributed by atoms with E-state index in [4.69, 9.17) is 5.11 Å². The van der Waals surface area contributed by atoms with Gasteiger partial charge in [-0.25, -0.2) is 0 Å². The highest BCUT2D eigenvalue weighted by Crippen LogP contribution is 2.20. The number of carbonyl (C=O) groups excluding carboxylic acids is 1. The third-order valence-corrected chi connectivity index (χ3v) is 2.82. The molecular weight excluding hydrogens is 278 g/mol. The average molecular weight is 290 g/mol. The zero-order chi connectivity index (χ0) is 11.4. The summed E-state index contributed by atoms with van der Waals surface area (Å²) in [4.78, 5) is 12.4. The van der Waals surface area contributed by atoms with Crippen molar-refractivity contribution in [3.05, 3.63) is 28.2 Å². The van der Waals surface area contributed by atoms with Crippen molar-refractivity contribution in [3.63, 3.8) is 0 Å². The van der Waals surface area contributed by atoms with Gasteiger partial charge in [-0.15, -0.1) is 12.6 Å². The predicted octanol–water partition coefficient (Wildman–Crippen LogP) is 1.85. The molecule has 0 aliphatic carbocycles. The van der Waals surface area contributed by atoms with E-state index in [0.29, 0.717) is 10.0 Å². The van der Waals surface area contributed by atoms with Crippen LogP contribution in [-0.4, -0.2) is 23.7 Å². The number of aliphatic hydroxyl groups is 1. The molecule has 1 aromatic rings. The number of amides is 1. The van der Waals surface area contributed by atoms with Gasteiger partial charge in [-0.05, 0) is 41.1 Å². The van der Waals surface area contributed by atoms with Gasteiger partial charge in [0.05, 0.1) is 12.2 Å².